The van der Waals surface area contributed by atoms with Gasteiger partial charge < -0.3 is 40.9 Å². The number of hydrogen-bond acceptors (Lipinski definition) is 8. The van der Waals surface area contributed by atoms with Crippen LogP contribution in [0.5, 0.6) is 23.0 Å². The zero-order valence-electron chi connectivity index (χ0n) is 25.4. The van der Waals surface area contributed by atoms with Gasteiger partial charge in [-0.15, -0.1) is 0 Å². The van der Waals surface area contributed by atoms with Gasteiger partial charge in [0.15, 0.2) is 11.5 Å². The molecule has 0 bridgehead atoms. The van der Waals surface area contributed by atoms with Gasteiger partial charge in [0.05, 0.1) is 24.9 Å². The topological polar surface area (TPSA) is 175 Å². The summed E-state index contributed by atoms with van der Waals surface area (Å²) >= 11 is 6.67. The summed E-state index contributed by atoms with van der Waals surface area (Å²) in [4.78, 5) is 41.2. The van der Waals surface area contributed by atoms with Crippen molar-refractivity contribution in [1.29, 1.82) is 0 Å². The largest absolute Gasteiger partial charge is 0.550 e. The minimum atomic E-state index is -1.26. The second kappa shape index (κ2) is 14.9. The van der Waals surface area contributed by atoms with E-state index in [1.807, 2.05) is 0 Å². The predicted molar refractivity (Wildman–Crippen MR) is 170 cm³/mol. The van der Waals surface area contributed by atoms with Crippen LogP contribution in [0.2, 0.25) is 5.02 Å². The lowest BCUT2D eigenvalue weighted by Crippen LogP contribution is -2.35. The van der Waals surface area contributed by atoms with Crippen molar-refractivity contribution in [3.05, 3.63) is 77.7 Å². The molecule has 3 aromatic carbocycles. The number of carboxylic acid groups (broad SMARTS) is 1. The summed E-state index contributed by atoms with van der Waals surface area (Å²) in [6, 6.07) is 15.4. The highest BCUT2D eigenvalue weighted by atomic mass is 35.5. The number of anilines is 2. The van der Waals surface area contributed by atoms with Crippen LogP contribution in [-0.2, 0) is 14.4 Å². The Kier molecular flexibility index (Phi) is 11.0. The van der Waals surface area contributed by atoms with E-state index < -0.39 is 29.0 Å². The van der Waals surface area contributed by atoms with Gasteiger partial charge in [-0.2, -0.15) is 0 Å². The summed E-state index contributed by atoms with van der Waals surface area (Å²) < 4.78 is 30.8. The van der Waals surface area contributed by atoms with Crippen LogP contribution in [0, 0.1) is 11.2 Å². The van der Waals surface area contributed by atoms with Crippen LogP contribution in [0.15, 0.2) is 66.9 Å². The van der Waals surface area contributed by atoms with E-state index in [4.69, 9.17) is 25.8 Å². The molecular formula is C33H34ClFN4O7. The number of rotatable bonds is 14. The average Bonchev–Trinajstić information content (AvgIpc) is 3.84. The van der Waals surface area contributed by atoms with Crippen molar-refractivity contribution >= 4 is 51.7 Å². The van der Waals surface area contributed by atoms with Crippen LogP contribution >= 0.6 is 11.6 Å². The molecule has 0 unspecified atom stereocenters. The standard InChI is InChI=1S/C33H31ClFN3O7.H3N/c1-43-27-18-22-24(19-28(27)44-17-4-2-3-8-29(39)40)36-16-13-25(22)45-26-7-5-6-23(30(26)34)38-32(42)33(14-15-33)31(41)37-21-11-9-20(35)10-12-21;/h5-7,9-13,16,18-19H,2-4,8,14-15,17H2,1H3,(H,37,41)(H,38,42)(H,39,40);1H3. The van der Waals surface area contributed by atoms with Crippen molar-refractivity contribution < 1.29 is 38.1 Å². The molecule has 0 radical (unpaired) electrons. The minimum absolute atomic E-state index is 0. The molecule has 242 valence electrons. The SMILES string of the molecule is COc1cc2c(Oc3cccc(NC(=O)C4(C(=O)Nc5ccc(F)cc5)CC4)c3Cl)ccnc2cc1OCCCCCC(=O)[O-].[NH4+]. The lowest BCUT2D eigenvalue weighted by molar-refractivity contribution is -0.305. The highest BCUT2D eigenvalue weighted by molar-refractivity contribution is 6.35. The van der Waals surface area contributed by atoms with Crippen LogP contribution in [0.25, 0.3) is 10.9 Å². The molecule has 2 amide bonds. The van der Waals surface area contributed by atoms with Gasteiger partial charge in [0.1, 0.15) is 27.8 Å². The van der Waals surface area contributed by atoms with Gasteiger partial charge in [-0.05, 0) is 87.1 Å². The van der Waals surface area contributed by atoms with Gasteiger partial charge in [0.2, 0.25) is 11.8 Å². The number of fused-ring (bicyclic) bond motifs is 1. The van der Waals surface area contributed by atoms with E-state index >= 15 is 0 Å². The minimum Gasteiger partial charge on any atom is -0.550 e. The Balaban J connectivity index is 0.00000480. The molecule has 13 heteroatoms. The van der Waals surface area contributed by atoms with Crippen molar-refractivity contribution in [2.24, 2.45) is 5.41 Å². The molecule has 1 aromatic heterocycles. The maximum atomic E-state index is 13.2. The number of halogens is 2. The van der Waals surface area contributed by atoms with Crippen LogP contribution in [0.1, 0.15) is 38.5 Å². The number of hydrogen-bond donors (Lipinski definition) is 3. The van der Waals surface area contributed by atoms with E-state index in [1.165, 1.54) is 31.4 Å². The molecule has 0 spiro atoms. The molecule has 6 N–H and O–H groups in total. The first-order valence-corrected chi connectivity index (χ1v) is 14.7. The fraction of sp³-hybridized carbons (Fsp3) is 0.273. The summed E-state index contributed by atoms with van der Waals surface area (Å²) in [6.07, 6.45) is 4.17. The van der Waals surface area contributed by atoms with Crippen molar-refractivity contribution in [2.75, 3.05) is 24.4 Å². The van der Waals surface area contributed by atoms with Gasteiger partial charge in [-0.1, -0.05) is 17.7 Å². The number of amides is 2. The van der Waals surface area contributed by atoms with Crippen molar-refractivity contribution in [1.82, 2.24) is 11.1 Å². The lowest BCUT2D eigenvalue weighted by Gasteiger charge is -2.18. The Morgan fingerprint density at radius 3 is 2.37 bits per heavy atom. The Hall–Kier alpha value is -4.94. The second-order valence-electron chi connectivity index (χ2n) is 10.6. The number of aromatic nitrogens is 1. The Labute approximate surface area is 269 Å². The first kappa shape index (κ1) is 33.9. The molecule has 4 aromatic rings. The fourth-order valence-electron chi connectivity index (χ4n) is 4.73. The summed E-state index contributed by atoms with van der Waals surface area (Å²) in [5, 5.41) is 16.8. The second-order valence-corrected chi connectivity index (χ2v) is 11.0. The number of aliphatic carboxylic acids is 1. The first-order chi connectivity index (χ1) is 21.7. The number of unbranched alkanes of at least 4 members (excludes halogenated alkanes) is 2. The van der Waals surface area contributed by atoms with Gasteiger partial charge >= 0.3 is 0 Å². The van der Waals surface area contributed by atoms with Crippen molar-refractivity contribution in [3.63, 3.8) is 0 Å². The molecule has 5 rings (SSSR count). The Bertz CT molecular complexity index is 1730. The maximum absolute atomic E-state index is 13.2. The van der Waals surface area contributed by atoms with Crippen LogP contribution in [-0.4, -0.2) is 36.5 Å². The third-order valence-corrected chi connectivity index (χ3v) is 7.81. The van der Waals surface area contributed by atoms with Crippen molar-refractivity contribution in [3.8, 4) is 23.0 Å². The molecule has 0 aliphatic heterocycles. The molecule has 0 saturated heterocycles. The Morgan fingerprint density at radius 1 is 0.935 bits per heavy atom. The smallest absolute Gasteiger partial charge is 0.240 e. The summed E-state index contributed by atoms with van der Waals surface area (Å²) in [5.41, 5.74) is -0.0306. The number of pyridine rings is 1. The number of benzene rings is 3. The molecule has 0 atom stereocenters. The molecule has 1 saturated carbocycles. The summed E-state index contributed by atoms with van der Waals surface area (Å²) in [7, 11) is 1.51. The summed E-state index contributed by atoms with van der Waals surface area (Å²) in [6.45, 7) is 0.369. The van der Waals surface area contributed by atoms with Crippen molar-refractivity contribution in [2.45, 2.75) is 38.5 Å². The van der Waals surface area contributed by atoms with Gasteiger partial charge in [-0.25, -0.2) is 4.39 Å². The highest BCUT2D eigenvalue weighted by Crippen LogP contribution is 2.48. The number of nitrogens with one attached hydrogen (secondary N) is 2. The quantitative estimate of drug-likeness (QED) is 0.106. The zero-order chi connectivity index (χ0) is 32.0. The van der Waals surface area contributed by atoms with Crippen LogP contribution in [0.4, 0.5) is 15.8 Å². The highest BCUT2D eigenvalue weighted by Gasteiger charge is 2.56. The van der Waals surface area contributed by atoms with Gasteiger partial charge in [-0.3, -0.25) is 14.6 Å². The van der Waals surface area contributed by atoms with Crippen LogP contribution < -0.4 is 36.1 Å². The normalized spacial score (nSPS) is 12.8. The molecule has 46 heavy (non-hydrogen) atoms. The fourth-order valence-corrected chi connectivity index (χ4v) is 4.94. The van der Waals surface area contributed by atoms with Crippen LogP contribution in [0.3, 0.4) is 0 Å². The lowest BCUT2D eigenvalue weighted by atomic mass is 10.0. The number of carboxylic acids is 1. The predicted octanol–water partition coefficient (Wildman–Crippen LogP) is 6.25. The average molecular weight is 653 g/mol. The Morgan fingerprint density at radius 2 is 1.67 bits per heavy atom. The number of ether oxygens (including phenoxy) is 3. The number of carbonyl (C=O) groups excluding carboxylic acids is 3. The van der Waals surface area contributed by atoms with E-state index in [0.717, 1.165) is 0 Å². The third kappa shape index (κ3) is 7.82. The van der Waals surface area contributed by atoms with Gasteiger partial charge in [0.25, 0.3) is 0 Å². The van der Waals surface area contributed by atoms with E-state index in [1.54, 1.807) is 42.6 Å². The monoisotopic (exact) mass is 652 g/mol. The molecule has 1 aliphatic rings. The summed E-state index contributed by atoms with van der Waals surface area (Å²) in [5.74, 6) is -0.861. The van der Waals surface area contributed by atoms with E-state index in [2.05, 4.69) is 15.6 Å². The molecule has 11 nitrogen and oxygen atoms in total. The first-order valence-electron chi connectivity index (χ1n) is 14.3. The van der Waals surface area contributed by atoms with Gasteiger partial charge in [0, 0.05) is 29.3 Å². The number of methoxy groups -OCH3 is 1. The zero-order valence-corrected chi connectivity index (χ0v) is 26.1. The molecular weight excluding hydrogens is 619 g/mol. The van der Waals surface area contributed by atoms with E-state index in [0.29, 0.717) is 72.5 Å². The number of quaternary nitrogens is 1. The third-order valence-electron chi connectivity index (χ3n) is 7.42. The maximum Gasteiger partial charge on any atom is 0.240 e. The number of nitrogens with zero attached hydrogens (tertiary/aromatic N) is 1. The van der Waals surface area contributed by atoms with E-state index in [-0.39, 0.29) is 29.0 Å². The molecule has 1 fully saturated rings. The number of carbonyl (C=O) groups is 3. The van der Waals surface area contributed by atoms with E-state index in [9.17, 15) is 23.9 Å². The molecule has 1 heterocycles. The molecule has 1 aliphatic carbocycles.